The van der Waals surface area contributed by atoms with Crippen LogP contribution in [0.3, 0.4) is 0 Å². The van der Waals surface area contributed by atoms with Gasteiger partial charge in [-0.05, 0) is 30.5 Å². The number of H-pyrrole nitrogens is 1. The highest BCUT2D eigenvalue weighted by Crippen LogP contribution is 2.19. The van der Waals surface area contributed by atoms with Crippen LogP contribution in [0, 0.1) is 0 Å². The van der Waals surface area contributed by atoms with Gasteiger partial charge < -0.3 is 9.72 Å². The van der Waals surface area contributed by atoms with Crippen LogP contribution in [0.4, 0.5) is 0 Å². The SMILES string of the molecule is CCCCc1cc(=O)[nH]c2cc(C(=O)OC)ccc12. The number of benzene rings is 1. The number of methoxy groups -OCH3 is 1. The highest BCUT2D eigenvalue weighted by atomic mass is 16.5. The second-order valence-electron chi connectivity index (χ2n) is 4.51. The van der Waals surface area contributed by atoms with Crippen molar-refractivity contribution in [3.05, 3.63) is 45.7 Å². The molecular formula is C15H17NO3. The van der Waals surface area contributed by atoms with Gasteiger partial charge in [-0.15, -0.1) is 0 Å². The third-order valence-electron chi connectivity index (χ3n) is 3.15. The maximum absolute atomic E-state index is 11.6. The van der Waals surface area contributed by atoms with Crippen LogP contribution in [0.2, 0.25) is 0 Å². The molecule has 0 unspecified atom stereocenters. The number of aromatic amines is 1. The molecule has 2 aromatic rings. The molecule has 1 aromatic carbocycles. The summed E-state index contributed by atoms with van der Waals surface area (Å²) in [6.45, 7) is 2.12. The Bertz CT molecular complexity index is 658. The Morgan fingerprint density at radius 2 is 2.11 bits per heavy atom. The lowest BCUT2D eigenvalue weighted by molar-refractivity contribution is 0.0601. The molecule has 0 bridgehead atoms. The number of nitrogens with one attached hydrogen (secondary N) is 1. The number of carbonyl (C=O) groups is 1. The van der Waals surface area contributed by atoms with Crippen LogP contribution in [0.15, 0.2) is 29.1 Å². The normalized spacial score (nSPS) is 10.6. The number of hydrogen-bond acceptors (Lipinski definition) is 3. The first kappa shape index (κ1) is 13.3. The number of esters is 1. The van der Waals surface area contributed by atoms with Gasteiger partial charge in [0.2, 0.25) is 5.56 Å². The molecule has 100 valence electrons. The zero-order valence-electron chi connectivity index (χ0n) is 11.2. The summed E-state index contributed by atoms with van der Waals surface area (Å²) < 4.78 is 4.68. The molecule has 4 nitrogen and oxygen atoms in total. The summed E-state index contributed by atoms with van der Waals surface area (Å²) >= 11 is 0. The van der Waals surface area contributed by atoms with Crippen molar-refractivity contribution in [2.45, 2.75) is 26.2 Å². The predicted molar refractivity (Wildman–Crippen MR) is 74.5 cm³/mol. The van der Waals surface area contributed by atoms with Crippen LogP contribution in [0.25, 0.3) is 10.9 Å². The van der Waals surface area contributed by atoms with E-state index in [0.717, 1.165) is 30.2 Å². The van der Waals surface area contributed by atoms with E-state index in [1.165, 1.54) is 7.11 Å². The number of ether oxygens (including phenoxy) is 1. The average Bonchev–Trinajstić information content (AvgIpc) is 2.42. The molecule has 0 aliphatic carbocycles. The Morgan fingerprint density at radius 1 is 1.32 bits per heavy atom. The van der Waals surface area contributed by atoms with E-state index in [2.05, 4.69) is 16.6 Å². The van der Waals surface area contributed by atoms with Crippen molar-refractivity contribution in [1.82, 2.24) is 4.98 Å². The maximum Gasteiger partial charge on any atom is 0.337 e. The van der Waals surface area contributed by atoms with Gasteiger partial charge in [0.05, 0.1) is 12.7 Å². The summed E-state index contributed by atoms with van der Waals surface area (Å²) in [7, 11) is 1.34. The standard InChI is InChI=1S/C15H17NO3/c1-3-4-5-10-9-14(17)16-13-8-11(15(18)19-2)6-7-12(10)13/h6-9H,3-5H2,1-2H3,(H,16,17). The molecule has 0 atom stereocenters. The zero-order valence-corrected chi connectivity index (χ0v) is 11.2. The Morgan fingerprint density at radius 3 is 2.79 bits per heavy atom. The maximum atomic E-state index is 11.6. The third kappa shape index (κ3) is 2.84. The lowest BCUT2D eigenvalue weighted by Gasteiger charge is -2.07. The lowest BCUT2D eigenvalue weighted by Crippen LogP contribution is -2.08. The van der Waals surface area contributed by atoms with Crippen LogP contribution in [0.1, 0.15) is 35.7 Å². The van der Waals surface area contributed by atoms with Gasteiger partial charge in [0.25, 0.3) is 0 Å². The Balaban J connectivity index is 2.54. The van der Waals surface area contributed by atoms with Crippen molar-refractivity contribution >= 4 is 16.9 Å². The average molecular weight is 259 g/mol. The van der Waals surface area contributed by atoms with E-state index in [4.69, 9.17) is 0 Å². The minimum atomic E-state index is -0.401. The first-order valence-corrected chi connectivity index (χ1v) is 6.40. The van der Waals surface area contributed by atoms with Crippen molar-refractivity contribution in [3.63, 3.8) is 0 Å². The van der Waals surface area contributed by atoms with Crippen LogP contribution in [0.5, 0.6) is 0 Å². The highest BCUT2D eigenvalue weighted by molar-refractivity contribution is 5.94. The third-order valence-corrected chi connectivity index (χ3v) is 3.15. The molecule has 0 saturated carbocycles. The van der Waals surface area contributed by atoms with Gasteiger partial charge in [0.15, 0.2) is 0 Å². The molecule has 0 aliphatic heterocycles. The molecular weight excluding hydrogens is 242 g/mol. The van der Waals surface area contributed by atoms with Crippen LogP contribution >= 0.6 is 0 Å². The quantitative estimate of drug-likeness (QED) is 0.859. The van der Waals surface area contributed by atoms with Gasteiger partial charge >= 0.3 is 5.97 Å². The van der Waals surface area contributed by atoms with Crippen LogP contribution < -0.4 is 5.56 Å². The van der Waals surface area contributed by atoms with Gasteiger partial charge in [-0.3, -0.25) is 4.79 Å². The number of carbonyl (C=O) groups excluding carboxylic acids is 1. The summed E-state index contributed by atoms with van der Waals surface area (Å²) in [5.41, 5.74) is 2.01. The predicted octanol–water partition coefficient (Wildman–Crippen LogP) is 2.66. The number of pyridine rings is 1. The minimum absolute atomic E-state index is 0.138. The molecule has 1 heterocycles. The number of fused-ring (bicyclic) bond motifs is 1. The molecule has 1 aromatic heterocycles. The van der Waals surface area contributed by atoms with E-state index in [1.807, 2.05) is 6.07 Å². The van der Waals surface area contributed by atoms with Gasteiger partial charge in [-0.25, -0.2) is 4.79 Å². The van der Waals surface area contributed by atoms with Gasteiger partial charge in [-0.2, -0.15) is 0 Å². The highest BCUT2D eigenvalue weighted by Gasteiger charge is 2.09. The fourth-order valence-electron chi connectivity index (χ4n) is 2.15. The Kier molecular flexibility index (Phi) is 4.00. The van der Waals surface area contributed by atoms with E-state index >= 15 is 0 Å². The number of hydrogen-bond donors (Lipinski definition) is 1. The largest absolute Gasteiger partial charge is 0.465 e. The zero-order chi connectivity index (χ0) is 13.8. The molecule has 0 aliphatic rings. The number of aryl methyl sites for hydroxylation is 1. The fraction of sp³-hybridized carbons (Fsp3) is 0.333. The van der Waals surface area contributed by atoms with E-state index in [-0.39, 0.29) is 5.56 Å². The molecule has 4 heteroatoms. The fourth-order valence-corrected chi connectivity index (χ4v) is 2.15. The summed E-state index contributed by atoms with van der Waals surface area (Å²) in [6.07, 6.45) is 2.99. The molecule has 0 fully saturated rings. The summed E-state index contributed by atoms with van der Waals surface area (Å²) in [5, 5.41) is 0.987. The molecule has 0 radical (unpaired) electrons. The van der Waals surface area contributed by atoms with E-state index in [9.17, 15) is 9.59 Å². The molecule has 0 spiro atoms. The summed E-state index contributed by atoms with van der Waals surface area (Å²) in [4.78, 5) is 25.9. The molecule has 19 heavy (non-hydrogen) atoms. The van der Waals surface area contributed by atoms with Crippen molar-refractivity contribution in [3.8, 4) is 0 Å². The van der Waals surface area contributed by atoms with Crippen molar-refractivity contribution in [2.24, 2.45) is 0 Å². The van der Waals surface area contributed by atoms with Crippen molar-refractivity contribution in [1.29, 1.82) is 0 Å². The lowest BCUT2D eigenvalue weighted by atomic mass is 10.0. The van der Waals surface area contributed by atoms with Gasteiger partial charge in [-0.1, -0.05) is 19.4 Å². The molecule has 0 saturated heterocycles. The van der Waals surface area contributed by atoms with E-state index in [0.29, 0.717) is 11.1 Å². The topological polar surface area (TPSA) is 59.2 Å². The smallest absolute Gasteiger partial charge is 0.337 e. The monoisotopic (exact) mass is 259 g/mol. The summed E-state index contributed by atoms with van der Waals surface area (Å²) in [5.74, 6) is -0.401. The molecule has 2 rings (SSSR count). The Hall–Kier alpha value is -2.10. The number of aromatic nitrogens is 1. The van der Waals surface area contributed by atoms with E-state index < -0.39 is 5.97 Å². The second-order valence-corrected chi connectivity index (χ2v) is 4.51. The van der Waals surface area contributed by atoms with Gasteiger partial charge in [0, 0.05) is 17.0 Å². The van der Waals surface area contributed by atoms with Gasteiger partial charge in [0.1, 0.15) is 0 Å². The first-order valence-electron chi connectivity index (χ1n) is 6.40. The van der Waals surface area contributed by atoms with E-state index in [1.54, 1.807) is 18.2 Å². The number of unbranched alkanes of at least 4 members (excludes halogenated alkanes) is 1. The summed E-state index contributed by atoms with van der Waals surface area (Å²) in [6, 6.07) is 6.89. The number of rotatable bonds is 4. The van der Waals surface area contributed by atoms with Crippen molar-refractivity contribution < 1.29 is 9.53 Å². The minimum Gasteiger partial charge on any atom is -0.465 e. The Labute approximate surface area is 111 Å². The first-order chi connectivity index (χ1) is 9.15. The second kappa shape index (κ2) is 5.69. The van der Waals surface area contributed by atoms with Crippen LogP contribution in [-0.4, -0.2) is 18.1 Å². The van der Waals surface area contributed by atoms with Crippen LogP contribution in [-0.2, 0) is 11.2 Å². The molecule has 0 amide bonds. The van der Waals surface area contributed by atoms with Crippen molar-refractivity contribution in [2.75, 3.05) is 7.11 Å². The molecule has 1 N–H and O–H groups in total.